The molecular formula is C29H23N. The van der Waals surface area contributed by atoms with Crippen LogP contribution in [0.1, 0.15) is 0 Å². The minimum absolute atomic E-state index is 1.17. The van der Waals surface area contributed by atoms with Crippen molar-refractivity contribution in [1.82, 2.24) is 0 Å². The Morgan fingerprint density at radius 3 is 1.67 bits per heavy atom. The molecule has 0 aromatic heterocycles. The van der Waals surface area contributed by atoms with Gasteiger partial charge in [-0.2, -0.15) is 0 Å². The molecule has 0 unspecified atom stereocenters. The van der Waals surface area contributed by atoms with Crippen LogP contribution >= 0.6 is 0 Å². The van der Waals surface area contributed by atoms with E-state index in [1.807, 2.05) is 6.07 Å². The summed E-state index contributed by atoms with van der Waals surface area (Å²) >= 11 is 0. The third kappa shape index (κ3) is 3.46. The molecule has 0 radical (unpaired) electrons. The number of nitrogens with zero attached hydrogens (tertiary/aromatic N) is 1. The normalized spacial score (nSPS) is 10.8. The maximum Gasteiger partial charge on any atom is 0.0408 e. The summed E-state index contributed by atoms with van der Waals surface area (Å²) in [5, 5.41) is 2.56. The Kier molecular flexibility index (Phi) is 4.78. The number of fused-ring (bicyclic) bond motifs is 1. The van der Waals surface area contributed by atoms with Crippen LogP contribution in [0.3, 0.4) is 0 Å². The van der Waals surface area contributed by atoms with Gasteiger partial charge in [0.05, 0.1) is 0 Å². The van der Waals surface area contributed by atoms with Crippen LogP contribution in [0.15, 0.2) is 121 Å². The van der Waals surface area contributed by atoms with Crippen molar-refractivity contribution in [3.8, 4) is 22.3 Å². The van der Waals surface area contributed by atoms with E-state index in [-0.39, 0.29) is 0 Å². The van der Waals surface area contributed by atoms with Crippen molar-refractivity contribution in [2.75, 3.05) is 11.9 Å². The molecule has 0 aliphatic heterocycles. The second-order valence-electron chi connectivity index (χ2n) is 7.55. The molecule has 0 spiro atoms. The van der Waals surface area contributed by atoms with Gasteiger partial charge in [0.2, 0.25) is 0 Å². The summed E-state index contributed by atoms with van der Waals surface area (Å²) in [5.74, 6) is 0. The first-order chi connectivity index (χ1) is 14.8. The van der Waals surface area contributed by atoms with E-state index in [9.17, 15) is 0 Å². The third-order valence-electron chi connectivity index (χ3n) is 5.72. The standard InChI is InChI=1S/C29H23N/c1-30(26-18-14-23(15-19-26)22-8-3-2-4-9-22)27-20-16-25(17-21-27)29-13-7-11-24-10-5-6-12-28(24)29/h2-21H,1H3. The summed E-state index contributed by atoms with van der Waals surface area (Å²) in [6.07, 6.45) is 0. The van der Waals surface area contributed by atoms with Gasteiger partial charge in [0.15, 0.2) is 0 Å². The molecule has 144 valence electrons. The lowest BCUT2D eigenvalue weighted by atomic mass is 9.98. The Morgan fingerprint density at radius 1 is 0.433 bits per heavy atom. The lowest BCUT2D eigenvalue weighted by molar-refractivity contribution is 1.21. The van der Waals surface area contributed by atoms with E-state index in [1.165, 1.54) is 44.4 Å². The SMILES string of the molecule is CN(c1ccc(-c2ccccc2)cc1)c1ccc(-c2cccc3ccccc23)cc1. The highest BCUT2D eigenvalue weighted by Gasteiger charge is 2.07. The van der Waals surface area contributed by atoms with E-state index in [0.717, 1.165) is 0 Å². The topological polar surface area (TPSA) is 3.24 Å². The second kappa shape index (κ2) is 7.88. The molecule has 0 saturated heterocycles. The van der Waals surface area contributed by atoms with Gasteiger partial charge in [-0.25, -0.2) is 0 Å². The lowest BCUT2D eigenvalue weighted by Crippen LogP contribution is -2.08. The maximum atomic E-state index is 2.22. The fraction of sp³-hybridized carbons (Fsp3) is 0.0345. The molecule has 0 N–H and O–H groups in total. The average Bonchev–Trinajstić information content (AvgIpc) is 2.84. The van der Waals surface area contributed by atoms with Gasteiger partial charge in [-0.15, -0.1) is 0 Å². The first kappa shape index (κ1) is 18.2. The molecule has 1 nitrogen and oxygen atoms in total. The Labute approximate surface area is 177 Å². The predicted molar refractivity (Wildman–Crippen MR) is 129 cm³/mol. The Balaban J connectivity index is 1.41. The van der Waals surface area contributed by atoms with Crippen LogP contribution in [-0.4, -0.2) is 7.05 Å². The average molecular weight is 386 g/mol. The zero-order chi connectivity index (χ0) is 20.3. The van der Waals surface area contributed by atoms with Crippen molar-refractivity contribution in [3.05, 3.63) is 121 Å². The highest BCUT2D eigenvalue weighted by Crippen LogP contribution is 2.32. The zero-order valence-electron chi connectivity index (χ0n) is 17.0. The Bertz CT molecular complexity index is 1260. The van der Waals surface area contributed by atoms with Gasteiger partial charge < -0.3 is 4.90 Å². The van der Waals surface area contributed by atoms with Gasteiger partial charge in [0.25, 0.3) is 0 Å². The number of anilines is 2. The number of benzene rings is 5. The molecule has 30 heavy (non-hydrogen) atoms. The molecule has 0 amide bonds. The summed E-state index contributed by atoms with van der Waals surface area (Å²) in [5.41, 5.74) is 7.34. The Hall–Kier alpha value is -3.84. The number of rotatable bonds is 4. The highest BCUT2D eigenvalue weighted by atomic mass is 15.1. The molecule has 0 aliphatic carbocycles. The number of hydrogen-bond donors (Lipinski definition) is 0. The van der Waals surface area contributed by atoms with Crippen LogP contribution in [0, 0.1) is 0 Å². The molecule has 0 saturated carbocycles. The molecule has 5 rings (SSSR count). The molecule has 0 atom stereocenters. The first-order valence-corrected chi connectivity index (χ1v) is 10.3. The zero-order valence-corrected chi connectivity index (χ0v) is 17.0. The fourth-order valence-corrected chi connectivity index (χ4v) is 4.00. The molecular weight excluding hydrogens is 362 g/mol. The molecule has 0 bridgehead atoms. The van der Waals surface area contributed by atoms with E-state index in [4.69, 9.17) is 0 Å². The summed E-state index contributed by atoms with van der Waals surface area (Å²) < 4.78 is 0. The summed E-state index contributed by atoms with van der Waals surface area (Å²) in [7, 11) is 2.12. The van der Waals surface area contributed by atoms with Crippen LogP contribution < -0.4 is 4.90 Å². The van der Waals surface area contributed by atoms with Crippen LogP contribution in [-0.2, 0) is 0 Å². The van der Waals surface area contributed by atoms with Crippen molar-refractivity contribution in [3.63, 3.8) is 0 Å². The van der Waals surface area contributed by atoms with Crippen molar-refractivity contribution >= 4 is 22.1 Å². The van der Waals surface area contributed by atoms with Gasteiger partial charge in [-0.05, 0) is 57.3 Å². The second-order valence-corrected chi connectivity index (χ2v) is 7.55. The minimum Gasteiger partial charge on any atom is -0.345 e. The Morgan fingerprint density at radius 2 is 0.967 bits per heavy atom. The molecule has 5 aromatic carbocycles. The van der Waals surface area contributed by atoms with E-state index in [1.54, 1.807) is 0 Å². The molecule has 1 heteroatoms. The van der Waals surface area contributed by atoms with Gasteiger partial charge in [0, 0.05) is 18.4 Å². The molecule has 0 heterocycles. The van der Waals surface area contributed by atoms with Crippen LogP contribution in [0.25, 0.3) is 33.0 Å². The maximum absolute atomic E-state index is 2.22. The predicted octanol–water partition coefficient (Wildman–Crippen LogP) is 7.94. The first-order valence-electron chi connectivity index (χ1n) is 10.3. The van der Waals surface area contributed by atoms with Crippen LogP contribution in [0.2, 0.25) is 0 Å². The summed E-state index contributed by atoms with van der Waals surface area (Å²) in [6, 6.07) is 43.1. The van der Waals surface area contributed by atoms with Gasteiger partial charge in [-0.1, -0.05) is 97.1 Å². The van der Waals surface area contributed by atoms with Gasteiger partial charge in [-0.3, -0.25) is 0 Å². The molecule has 5 aromatic rings. The van der Waals surface area contributed by atoms with Gasteiger partial charge in [0.1, 0.15) is 0 Å². The van der Waals surface area contributed by atoms with E-state index >= 15 is 0 Å². The summed E-state index contributed by atoms with van der Waals surface area (Å²) in [4.78, 5) is 2.22. The molecule has 0 aliphatic rings. The monoisotopic (exact) mass is 385 g/mol. The highest BCUT2D eigenvalue weighted by molar-refractivity contribution is 5.96. The van der Waals surface area contributed by atoms with E-state index < -0.39 is 0 Å². The lowest BCUT2D eigenvalue weighted by Gasteiger charge is -2.20. The fourth-order valence-electron chi connectivity index (χ4n) is 4.00. The third-order valence-corrected chi connectivity index (χ3v) is 5.72. The largest absolute Gasteiger partial charge is 0.345 e. The van der Waals surface area contributed by atoms with Crippen LogP contribution in [0.5, 0.6) is 0 Å². The van der Waals surface area contributed by atoms with Crippen molar-refractivity contribution < 1.29 is 0 Å². The van der Waals surface area contributed by atoms with Crippen molar-refractivity contribution in [2.45, 2.75) is 0 Å². The number of hydrogen-bond acceptors (Lipinski definition) is 1. The van der Waals surface area contributed by atoms with E-state index in [2.05, 4.69) is 127 Å². The van der Waals surface area contributed by atoms with Crippen LogP contribution in [0.4, 0.5) is 11.4 Å². The smallest absolute Gasteiger partial charge is 0.0408 e. The summed E-state index contributed by atoms with van der Waals surface area (Å²) in [6.45, 7) is 0. The quantitative estimate of drug-likeness (QED) is 0.303. The molecule has 0 fully saturated rings. The van der Waals surface area contributed by atoms with Crippen molar-refractivity contribution in [2.24, 2.45) is 0 Å². The minimum atomic E-state index is 1.17. The van der Waals surface area contributed by atoms with E-state index in [0.29, 0.717) is 0 Å². The van der Waals surface area contributed by atoms with Gasteiger partial charge >= 0.3 is 0 Å². The van der Waals surface area contributed by atoms with Crippen molar-refractivity contribution in [1.29, 1.82) is 0 Å².